The summed E-state index contributed by atoms with van der Waals surface area (Å²) in [6.45, 7) is 5.66. The second-order valence-corrected chi connectivity index (χ2v) is 3.88. The van der Waals surface area contributed by atoms with Crippen molar-refractivity contribution < 1.29 is 10.2 Å². The van der Waals surface area contributed by atoms with Crippen LogP contribution in [0.2, 0.25) is 0 Å². The lowest BCUT2D eigenvalue weighted by molar-refractivity contribution is 0.0318. The van der Waals surface area contributed by atoms with Crippen LogP contribution in [0.3, 0.4) is 0 Å². The van der Waals surface area contributed by atoms with E-state index in [9.17, 15) is 10.2 Å². The van der Waals surface area contributed by atoms with Crippen molar-refractivity contribution in [3.8, 4) is 0 Å². The molecule has 0 aliphatic heterocycles. The van der Waals surface area contributed by atoms with E-state index >= 15 is 0 Å². The highest BCUT2D eigenvalue weighted by Crippen LogP contribution is 2.16. The molecule has 0 aromatic heterocycles. The number of hydrogen-bond donors (Lipinski definition) is 2. The number of rotatable bonds is 3. The molecule has 2 unspecified atom stereocenters. The molecule has 0 spiro atoms. The first-order valence-corrected chi connectivity index (χ1v) is 4.93. The molecule has 1 aromatic rings. The molecule has 0 saturated heterocycles. The number of hydrogen-bond acceptors (Lipinski definition) is 2. The van der Waals surface area contributed by atoms with Crippen molar-refractivity contribution in [2.45, 2.75) is 39.4 Å². The van der Waals surface area contributed by atoms with Crippen molar-refractivity contribution in [2.75, 3.05) is 0 Å². The summed E-state index contributed by atoms with van der Waals surface area (Å²) in [7, 11) is 0. The predicted octanol–water partition coefficient (Wildman–Crippen LogP) is 1.59. The Morgan fingerprint density at radius 1 is 1.14 bits per heavy atom. The summed E-state index contributed by atoms with van der Waals surface area (Å²) in [5.74, 6) is 0. The molecule has 0 aliphatic rings. The highest BCUT2D eigenvalue weighted by Gasteiger charge is 2.13. The van der Waals surface area contributed by atoms with Crippen LogP contribution >= 0.6 is 0 Å². The molecule has 1 aromatic carbocycles. The molecule has 78 valence electrons. The van der Waals surface area contributed by atoms with Crippen molar-refractivity contribution in [1.82, 2.24) is 0 Å². The predicted molar refractivity (Wildman–Crippen MR) is 57.3 cm³/mol. The maximum absolute atomic E-state index is 9.58. The number of aryl methyl sites for hydroxylation is 2. The van der Waals surface area contributed by atoms with Gasteiger partial charge in [0.25, 0.3) is 0 Å². The summed E-state index contributed by atoms with van der Waals surface area (Å²) in [5, 5.41) is 18.8. The van der Waals surface area contributed by atoms with Gasteiger partial charge >= 0.3 is 0 Å². The summed E-state index contributed by atoms with van der Waals surface area (Å²) in [6.07, 6.45) is -0.820. The fraction of sp³-hybridized carbons (Fsp3) is 0.500. The van der Waals surface area contributed by atoms with Crippen LogP contribution in [0.4, 0.5) is 0 Å². The molecule has 2 heteroatoms. The third-order valence-electron chi connectivity index (χ3n) is 2.61. The molecular weight excluding hydrogens is 176 g/mol. The first-order valence-electron chi connectivity index (χ1n) is 4.93. The average Bonchev–Trinajstić information content (AvgIpc) is 2.11. The van der Waals surface area contributed by atoms with E-state index < -0.39 is 12.2 Å². The zero-order valence-corrected chi connectivity index (χ0v) is 8.99. The minimum atomic E-state index is -0.672. The maximum Gasteiger partial charge on any atom is 0.0836 e. The summed E-state index contributed by atoms with van der Waals surface area (Å²) in [6, 6.07) is 6.05. The van der Waals surface area contributed by atoms with Crippen molar-refractivity contribution in [3.63, 3.8) is 0 Å². The van der Waals surface area contributed by atoms with Crippen LogP contribution in [0, 0.1) is 13.8 Å². The molecule has 0 fully saturated rings. The van der Waals surface area contributed by atoms with Crippen molar-refractivity contribution in [1.29, 1.82) is 0 Å². The van der Waals surface area contributed by atoms with Crippen LogP contribution in [-0.2, 0) is 6.42 Å². The van der Waals surface area contributed by atoms with Gasteiger partial charge in [-0.1, -0.05) is 18.2 Å². The van der Waals surface area contributed by atoms with Crippen LogP contribution in [0.1, 0.15) is 23.6 Å². The van der Waals surface area contributed by atoms with Gasteiger partial charge in [-0.05, 0) is 37.5 Å². The van der Waals surface area contributed by atoms with Gasteiger partial charge in [-0.3, -0.25) is 0 Å². The van der Waals surface area contributed by atoms with Gasteiger partial charge in [0, 0.05) is 6.42 Å². The second kappa shape index (κ2) is 4.58. The fourth-order valence-corrected chi connectivity index (χ4v) is 1.55. The molecular formula is C12H18O2. The van der Waals surface area contributed by atoms with Gasteiger partial charge in [-0.25, -0.2) is 0 Å². The molecule has 0 saturated carbocycles. The summed E-state index contributed by atoms with van der Waals surface area (Å²) >= 11 is 0. The minimum absolute atomic E-state index is 0.524. The lowest BCUT2D eigenvalue weighted by Gasteiger charge is -2.16. The highest BCUT2D eigenvalue weighted by molar-refractivity contribution is 5.34. The normalized spacial score (nSPS) is 15.2. The first kappa shape index (κ1) is 11.2. The smallest absolute Gasteiger partial charge is 0.0836 e. The standard InChI is InChI=1S/C12H18O2/c1-8-5-4-6-9(2)11(8)7-12(14)10(3)13/h4-6,10,12-14H,7H2,1-3H3. The lowest BCUT2D eigenvalue weighted by atomic mass is 9.96. The van der Waals surface area contributed by atoms with Crippen molar-refractivity contribution in [3.05, 3.63) is 34.9 Å². The summed E-state index contributed by atoms with van der Waals surface area (Å²) in [4.78, 5) is 0. The van der Waals surface area contributed by atoms with Crippen LogP contribution in [-0.4, -0.2) is 22.4 Å². The maximum atomic E-state index is 9.58. The SMILES string of the molecule is Cc1cccc(C)c1CC(O)C(C)O. The Kier molecular flexibility index (Phi) is 3.67. The molecule has 0 bridgehead atoms. The van der Waals surface area contributed by atoms with E-state index in [1.807, 2.05) is 32.0 Å². The Labute approximate surface area is 85.2 Å². The van der Waals surface area contributed by atoms with Gasteiger partial charge in [-0.15, -0.1) is 0 Å². The van der Waals surface area contributed by atoms with Crippen LogP contribution in [0.25, 0.3) is 0 Å². The summed E-state index contributed by atoms with van der Waals surface area (Å²) in [5.41, 5.74) is 3.48. The Balaban J connectivity index is 2.85. The van der Waals surface area contributed by atoms with E-state index in [2.05, 4.69) is 0 Å². The van der Waals surface area contributed by atoms with E-state index in [0.717, 1.165) is 5.56 Å². The van der Waals surface area contributed by atoms with Crippen molar-refractivity contribution >= 4 is 0 Å². The molecule has 14 heavy (non-hydrogen) atoms. The third-order valence-corrected chi connectivity index (χ3v) is 2.61. The number of aliphatic hydroxyl groups excluding tert-OH is 2. The van der Waals surface area contributed by atoms with E-state index in [0.29, 0.717) is 6.42 Å². The second-order valence-electron chi connectivity index (χ2n) is 3.88. The Hall–Kier alpha value is -0.860. The monoisotopic (exact) mass is 194 g/mol. The minimum Gasteiger partial charge on any atom is -0.391 e. The third kappa shape index (κ3) is 2.56. The molecule has 0 heterocycles. The highest BCUT2D eigenvalue weighted by atomic mass is 16.3. The van der Waals surface area contributed by atoms with Gasteiger partial charge in [0.2, 0.25) is 0 Å². The topological polar surface area (TPSA) is 40.5 Å². The van der Waals surface area contributed by atoms with Gasteiger partial charge in [0.1, 0.15) is 0 Å². The molecule has 2 nitrogen and oxygen atoms in total. The summed E-state index contributed by atoms with van der Waals surface area (Å²) < 4.78 is 0. The zero-order valence-electron chi connectivity index (χ0n) is 8.99. The van der Waals surface area contributed by atoms with Crippen molar-refractivity contribution in [2.24, 2.45) is 0 Å². The quantitative estimate of drug-likeness (QED) is 0.767. The van der Waals surface area contributed by atoms with E-state index in [4.69, 9.17) is 0 Å². The zero-order chi connectivity index (χ0) is 10.7. The molecule has 2 atom stereocenters. The Morgan fingerprint density at radius 2 is 1.64 bits per heavy atom. The number of aliphatic hydroxyl groups is 2. The largest absolute Gasteiger partial charge is 0.391 e. The first-order chi connectivity index (χ1) is 6.52. The van der Waals surface area contributed by atoms with Gasteiger partial charge in [0.15, 0.2) is 0 Å². The van der Waals surface area contributed by atoms with Crippen LogP contribution in [0.5, 0.6) is 0 Å². The molecule has 0 aliphatic carbocycles. The number of benzene rings is 1. The Morgan fingerprint density at radius 3 is 2.07 bits per heavy atom. The van der Waals surface area contributed by atoms with E-state index in [-0.39, 0.29) is 0 Å². The van der Waals surface area contributed by atoms with Gasteiger partial charge < -0.3 is 10.2 Å². The van der Waals surface area contributed by atoms with Crippen LogP contribution in [0.15, 0.2) is 18.2 Å². The van der Waals surface area contributed by atoms with Gasteiger partial charge in [-0.2, -0.15) is 0 Å². The van der Waals surface area contributed by atoms with Gasteiger partial charge in [0.05, 0.1) is 12.2 Å². The average molecular weight is 194 g/mol. The molecule has 1 rings (SSSR count). The van der Waals surface area contributed by atoms with Crippen LogP contribution < -0.4 is 0 Å². The molecule has 0 radical (unpaired) electrons. The Bertz CT molecular complexity index is 285. The van der Waals surface area contributed by atoms with E-state index in [1.54, 1.807) is 6.92 Å². The van der Waals surface area contributed by atoms with E-state index in [1.165, 1.54) is 11.1 Å². The molecule has 0 amide bonds. The molecule has 2 N–H and O–H groups in total. The fourth-order valence-electron chi connectivity index (χ4n) is 1.55. The lowest BCUT2D eigenvalue weighted by Crippen LogP contribution is -2.25.